The van der Waals surface area contributed by atoms with Gasteiger partial charge in [0.1, 0.15) is 0 Å². The number of ether oxygens (including phenoxy) is 1. The van der Waals surface area contributed by atoms with Gasteiger partial charge in [-0.1, -0.05) is 41.0 Å². The van der Waals surface area contributed by atoms with E-state index in [9.17, 15) is 0 Å². The fraction of sp³-hybridized carbons (Fsp3) is 1.00. The van der Waals surface area contributed by atoms with Gasteiger partial charge in [0.15, 0.2) is 0 Å². The highest BCUT2D eigenvalue weighted by atomic mass is 16.5. The standard InChI is InChI=1S/C17H35NO/c1-13(2)15-8-7-14(3)11-16(15)19-10-6-9-17(4,5)12-18/h13-16H,6-12,18H2,1-5H3. The molecule has 0 amide bonds. The molecule has 1 saturated carbocycles. The largest absolute Gasteiger partial charge is 0.378 e. The smallest absolute Gasteiger partial charge is 0.0608 e. The number of hydrogen-bond acceptors (Lipinski definition) is 2. The van der Waals surface area contributed by atoms with E-state index in [2.05, 4.69) is 34.6 Å². The normalized spacial score (nSPS) is 28.9. The van der Waals surface area contributed by atoms with Crippen LogP contribution >= 0.6 is 0 Å². The number of hydrogen-bond donors (Lipinski definition) is 1. The van der Waals surface area contributed by atoms with Gasteiger partial charge in [-0.25, -0.2) is 0 Å². The average molecular weight is 269 g/mol. The molecular formula is C17H35NO. The SMILES string of the molecule is CC1CCC(C(C)C)C(OCCCC(C)(C)CN)C1. The van der Waals surface area contributed by atoms with Crippen LogP contribution in [0.4, 0.5) is 0 Å². The Bertz CT molecular complexity index is 250. The van der Waals surface area contributed by atoms with E-state index in [1.807, 2.05) is 0 Å². The van der Waals surface area contributed by atoms with Crippen LogP contribution in [0.2, 0.25) is 0 Å². The third kappa shape index (κ3) is 5.83. The Morgan fingerprint density at radius 3 is 2.53 bits per heavy atom. The topological polar surface area (TPSA) is 35.2 Å². The molecule has 0 saturated heterocycles. The first-order valence-electron chi connectivity index (χ1n) is 8.17. The van der Waals surface area contributed by atoms with E-state index in [0.29, 0.717) is 6.10 Å². The van der Waals surface area contributed by atoms with Gasteiger partial charge in [-0.15, -0.1) is 0 Å². The van der Waals surface area contributed by atoms with Gasteiger partial charge < -0.3 is 10.5 Å². The zero-order valence-electron chi connectivity index (χ0n) is 13.7. The lowest BCUT2D eigenvalue weighted by molar-refractivity contribution is -0.0410. The van der Waals surface area contributed by atoms with Crippen molar-refractivity contribution in [2.45, 2.75) is 72.8 Å². The lowest BCUT2D eigenvalue weighted by Crippen LogP contribution is -2.34. The number of rotatable bonds is 7. The summed E-state index contributed by atoms with van der Waals surface area (Å²) in [7, 11) is 0. The van der Waals surface area contributed by atoms with Crippen LogP contribution in [0.25, 0.3) is 0 Å². The van der Waals surface area contributed by atoms with Gasteiger partial charge in [0.05, 0.1) is 6.10 Å². The van der Waals surface area contributed by atoms with Crippen molar-refractivity contribution in [1.29, 1.82) is 0 Å². The Kier molecular flexibility index (Phi) is 6.82. The lowest BCUT2D eigenvalue weighted by atomic mass is 9.75. The highest BCUT2D eigenvalue weighted by molar-refractivity contribution is 4.81. The molecule has 0 aliphatic heterocycles. The van der Waals surface area contributed by atoms with Crippen molar-refractivity contribution in [3.63, 3.8) is 0 Å². The monoisotopic (exact) mass is 269 g/mol. The van der Waals surface area contributed by atoms with Crippen molar-refractivity contribution in [1.82, 2.24) is 0 Å². The minimum absolute atomic E-state index is 0.265. The maximum Gasteiger partial charge on any atom is 0.0608 e. The molecule has 3 atom stereocenters. The zero-order chi connectivity index (χ0) is 14.5. The Morgan fingerprint density at radius 1 is 1.26 bits per heavy atom. The summed E-state index contributed by atoms with van der Waals surface area (Å²) in [5.41, 5.74) is 6.04. The second-order valence-electron chi connectivity index (χ2n) is 7.71. The quantitative estimate of drug-likeness (QED) is 0.702. The summed E-state index contributed by atoms with van der Waals surface area (Å²) in [6, 6.07) is 0. The van der Waals surface area contributed by atoms with Gasteiger partial charge in [0, 0.05) is 6.61 Å². The van der Waals surface area contributed by atoms with Crippen molar-refractivity contribution >= 4 is 0 Å². The molecular weight excluding hydrogens is 234 g/mol. The maximum atomic E-state index is 6.23. The molecule has 2 N–H and O–H groups in total. The zero-order valence-corrected chi connectivity index (χ0v) is 13.7. The Balaban J connectivity index is 2.32. The van der Waals surface area contributed by atoms with E-state index < -0.39 is 0 Å². The molecule has 2 heteroatoms. The molecule has 2 nitrogen and oxygen atoms in total. The predicted octanol–water partition coefficient (Wildman–Crippen LogP) is 4.23. The number of nitrogens with two attached hydrogens (primary N) is 1. The summed E-state index contributed by atoms with van der Waals surface area (Å²) in [4.78, 5) is 0. The van der Waals surface area contributed by atoms with E-state index in [-0.39, 0.29) is 5.41 Å². The summed E-state index contributed by atoms with van der Waals surface area (Å²) < 4.78 is 6.23. The summed E-state index contributed by atoms with van der Waals surface area (Å²) >= 11 is 0. The molecule has 0 aromatic rings. The molecule has 0 bridgehead atoms. The van der Waals surface area contributed by atoms with Gasteiger partial charge in [0.2, 0.25) is 0 Å². The lowest BCUT2D eigenvalue weighted by Gasteiger charge is -2.37. The maximum absolute atomic E-state index is 6.23. The second-order valence-corrected chi connectivity index (χ2v) is 7.71. The molecule has 19 heavy (non-hydrogen) atoms. The van der Waals surface area contributed by atoms with Gasteiger partial charge >= 0.3 is 0 Å². The Hall–Kier alpha value is -0.0800. The molecule has 1 aliphatic carbocycles. The molecule has 1 aliphatic rings. The van der Waals surface area contributed by atoms with E-state index >= 15 is 0 Å². The fourth-order valence-corrected chi connectivity index (χ4v) is 3.19. The van der Waals surface area contributed by atoms with Crippen molar-refractivity contribution in [3.05, 3.63) is 0 Å². The van der Waals surface area contributed by atoms with Crippen LogP contribution in [0, 0.1) is 23.2 Å². The summed E-state index contributed by atoms with van der Waals surface area (Å²) in [6.45, 7) is 13.2. The molecule has 0 aromatic carbocycles. The van der Waals surface area contributed by atoms with E-state index in [1.165, 1.54) is 19.3 Å². The van der Waals surface area contributed by atoms with E-state index in [4.69, 9.17) is 10.5 Å². The van der Waals surface area contributed by atoms with Crippen LogP contribution in [0.3, 0.4) is 0 Å². The molecule has 3 unspecified atom stereocenters. The van der Waals surface area contributed by atoms with E-state index in [1.54, 1.807) is 0 Å². The molecule has 1 rings (SSSR count). The predicted molar refractivity (Wildman–Crippen MR) is 83.2 cm³/mol. The van der Waals surface area contributed by atoms with Crippen molar-refractivity contribution in [3.8, 4) is 0 Å². The van der Waals surface area contributed by atoms with E-state index in [0.717, 1.165) is 43.7 Å². The first-order chi connectivity index (χ1) is 8.85. The van der Waals surface area contributed by atoms with Crippen molar-refractivity contribution < 1.29 is 4.74 Å². The fourth-order valence-electron chi connectivity index (χ4n) is 3.19. The first-order valence-corrected chi connectivity index (χ1v) is 8.17. The molecule has 0 radical (unpaired) electrons. The van der Waals surface area contributed by atoms with Crippen molar-refractivity contribution in [2.75, 3.05) is 13.2 Å². The average Bonchev–Trinajstić information content (AvgIpc) is 2.34. The van der Waals surface area contributed by atoms with Gasteiger partial charge in [-0.2, -0.15) is 0 Å². The third-order valence-corrected chi connectivity index (χ3v) is 4.84. The molecule has 1 fully saturated rings. The van der Waals surface area contributed by atoms with Crippen LogP contribution in [0.1, 0.15) is 66.7 Å². The van der Waals surface area contributed by atoms with Crippen LogP contribution in [0.5, 0.6) is 0 Å². The highest BCUT2D eigenvalue weighted by Gasteiger charge is 2.31. The van der Waals surface area contributed by atoms with Gasteiger partial charge in [0.25, 0.3) is 0 Å². The third-order valence-electron chi connectivity index (χ3n) is 4.84. The minimum atomic E-state index is 0.265. The van der Waals surface area contributed by atoms with Crippen molar-refractivity contribution in [2.24, 2.45) is 28.9 Å². The first kappa shape index (κ1) is 17.0. The van der Waals surface area contributed by atoms with Crippen LogP contribution in [0.15, 0.2) is 0 Å². The van der Waals surface area contributed by atoms with Crippen LogP contribution in [-0.4, -0.2) is 19.3 Å². The Labute approximate surface area is 120 Å². The van der Waals surface area contributed by atoms with Crippen LogP contribution in [-0.2, 0) is 4.74 Å². The van der Waals surface area contributed by atoms with Crippen LogP contribution < -0.4 is 5.73 Å². The highest BCUT2D eigenvalue weighted by Crippen LogP contribution is 2.35. The molecule has 0 aromatic heterocycles. The second kappa shape index (κ2) is 7.64. The summed E-state index contributed by atoms with van der Waals surface area (Å²) in [5, 5.41) is 0. The van der Waals surface area contributed by atoms with Gasteiger partial charge in [-0.05, 0) is 55.4 Å². The minimum Gasteiger partial charge on any atom is -0.378 e. The summed E-state index contributed by atoms with van der Waals surface area (Å²) in [6.07, 6.45) is 6.77. The molecule has 0 heterocycles. The van der Waals surface area contributed by atoms with Gasteiger partial charge in [-0.3, -0.25) is 0 Å². The molecule has 114 valence electrons. The molecule has 0 spiro atoms. The summed E-state index contributed by atoms with van der Waals surface area (Å²) in [5.74, 6) is 2.34. The Morgan fingerprint density at radius 2 is 1.95 bits per heavy atom.